The van der Waals surface area contributed by atoms with Crippen LogP contribution in [0.25, 0.3) is 0 Å². The zero-order valence-corrected chi connectivity index (χ0v) is 10.7. The molecule has 1 heterocycles. The van der Waals surface area contributed by atoms with Gasteiger partial charge in [-0.15, -0.1) is 5.10 Å². The van der Waals surface area contributed by atoms with Gasteiger partial charge in [0.1, 0.15) is 0 Å². The van der Waals surface area contributed by atoms with E-state index in [9.17, 15) is 9.59 Å². The average Bonchev–Trinajstić information content (AvgIpc) is 3.04. The highest BCUT2D eigenvalue weighted by molar-refractivity contribution is 5.85. The van der Waals surface area contributed by atoms with E-state index in [2.05, 4.69) is 15.6 Å². The van der Waals surface area contributed by atoms with Crippen LogP contribution < -0.4 is 5.32 Å². The number of aromatic nitrogens is 3. The van der Waals surface area contributed by atoms with Crippen molar-refractivity contribution >= 4 is 11.9 Å². The number of carboxylic acid groups (broad SMARTS) is 1. The van der Waals surface area contributed by atoms with Crippen LogP contribution in [0.4, 0.5) is 0 Å². The Morgan fingerprint density at radius 1 is 1.37 bits per heavy atom. The predicted octanol–water partition coefficient (Wildman–Crippen LogP) is 0.285. The van der Waals surface area contributed by atoms with E-state index in [1.54, 1.807) is 17.1 Å². The quantitative estimate of drug-likeness (QED) is 0.721. The zero-order chi connectivity index (χ0) is 13.7. The van der Waals surface area contributed by atoms with E-state index in [0.29, 0.717) is 25.9 Å². The lowest BCUT2D eigenvalue weighted by atomic mass is 9.95. The Bertz CT molecular complexity index is 432. The van der Waals surface area contributed by atoms with E-state index in [4.69, 9.17) is 5.11 Å². The Labute approximate surface area is 111 Å². The van der Waals surface area contributed by atoms with Crippen LogP contribution in [-0.2, 0) is 16.1 Å². The number of nitrogens with zero attached hydrogens (tertiary/aromatic N) is 3. The van der Waals surface area contributed by atoms with Crippen LogP contribution in [0.15, 0.2) is 12.4 Å². The summed E-state index contributed by atoms with van der Waals surface area (Å²) < 4.78 is 1.70. The first-order valence-electron chi connectivity index (χ1n) is 6.53. The molecule has 19 heavy (non-hydrogen) atoms. The predicted molar refractivity (Wildman–Crippen MR) is 66.1 cm³/mol. The Morgan fingerprint density at radius 2 is 2.16 bits per heavy atom. The largest absolute Gasteiger partial charge is 0.481 e. The standard InChI is InChI=1S/C12H18N4O3/c17-11(9-3-1-4-10(9)12(18)19)13-5-2-7-16-8-6-14-15-16/h6,8-10H,1-5,7H2,(H,13,17)(H,18,19)/t9-,10+/m1/s1. The highest BCUT2D eigenvalue weighted by Gasteiger charge is 2.37. The van der Waals surface area contributed by atoms with E-state index in [0.717, 1.165) is 12.8 Å². The molecule has 0 bridgehead atoms. The van der Waals surface area contributed by atoms with Crippen LogP contribution in [0.1, 0.15) is 25.7 Å². The number of carbonyl (C=O) groups excluding carboxylic acids is 1. The van der Waals surface area contributed by atoms with Gasteiger partial charge in [-0.05, 0) is 19.3 Å². The van der Waals surface area contributed by atoms with Gasteiger partial charge < -0.3 is 10.4 Å². The summed E-state index contributed by atoms with van der Waals surface area (Å²) in [7, 11) is 0. The normalized spacial score (nSPS) is 22.3. The molecular formula is C12H18N4O3. The summed E-state index contributed by atoms with van der Waals surface area (Å²) in [5.74, 6) is -1.89. The molecule has 1 aromatic heterocycles. The van der Waals surface area contributed by atoms with Crippen LogP contribution >= 0.6 is 0 Å². The molecule has 0 saturated heterocycles. The topological polar surface area (TPSA) is 97.1 Å². The molecule has 1 aliphatic carbocycles. The number of aliphatic carboxylic acids is 1. The molecule has 0 unspecified atom stereocenters. The highest BCUT2D eigenvalue weighted by Crippen LogP contribution is 2.31. The van der Waals surface area contributed by atoms with Gasteiger partial charge in [-0.1, -0.05) is 11.6 Å². The summed E-state index contributed by atoms with van der Waals surface area (Å²) in [5.41, 5.74) is 0. The van der Waals surface area contributed by atoms with Crippen molar-refractivity contribution in [3.63, 3.8) is 0 Å². The average molecular weight is 266 g/mol. The molecule has 7 nitrogen and oxygen atoms in total. The third-order valence-corrected chi connectivity index (χ3v) is 3.51. The first kappa shape index (κ1) is 13.5. The maximum Gasteiger partial charge on any atom is 0.307 e. The van der Waals surface area contributed by atoms with E-state index >= 15 is 0 Å². The van der Waals surface area contributed by atoms with Crippen LogP contribution in [-0.4, -0.2) is 38.5 Å². The van der Waals surface area contributed by atoms with Gasteiger partial charge in [-0.25, -0.2) is 0 Å². The van der Waals surface area contributed by atoms with Crippen molar-refractivity contribution in [1.82, 2.24) is 20.3 Å². The summed E-state index contributed by atoms with van der Waals surface area (Å²) in [6, 6.07) is 0. The Hall–Kier alpha value is -1.92. The Morgan fingerprint density at radius 3 is 2.84 bits per heavy atom. The molecule has 1 amide bonds. The second-order valence-electron chi connectivity index (χ2n) is 4.79. The number of hydrogen-bond acceptors (Lipinski definition) is 4. The number of carboxylic acids is 1. The van der Waals surface area contributed by atoms with Crippen LogP contribution in [0.5, 0.6) is 0 Å². The maximum atomic E-state index is 11.9. The minimum absolute atomic E-state index is 0.136. The molecule has 0 radical (unpaired) electrons. The van der Waals surface area contributed by atoms with Gasteiger partial charge in [0.25, 0.3) is 0 Å². The molecule has 104 valence electrons. The monoisotopic (exact) mass is 266 g/mol. The molecule has 2 atom stereocenters. The van der Waals surface area contributed by atoms with E-state index < -0.39 is 11.9 Å². The Kier molecular flexibility index (Phi) is 4.48. The molecule has 0 aromatic carbocycles. The van der Waals surface area contributed by atoms with Crippen molar-refractivity contribution in [3.05, 3.63) is 12.4 Å². The SMILES string of the molecule is O=C(O)[C@H]1CCC[C@H]1C(=O)NCCCn1ccnn1. The van der Waals surface area contributed by atoms with E-state index in [-0.39, 0.29) is 11.8 Å². The van der Waals surface area contributed by atoms with Gasteiger partial charge in [0.2, 0.25) is 5.91 Å². The zero-order valence-electron chi connectivity index (χ0n) is 10.7. The minimum atomic E-state index is -0.861. The third kappa shape index (κ3) is 3.52. The van der Waals surface area contributed by atoms with Gasteiger partial charge in [-0.2, -0.15) is 0 Å². The molecule has 0 spiro atoms. The molecule has 0 aliphatic heterocycles. The van der Waals surface area contributed by atoms with Crippen molar-refractivity contribution in [1.29, 1.82) is 0 Å². The molecule has 7 heteroatoms. The lowest BCUT2D eigenvalue weighted by Crippen LogP contribution is -2.36. The molecular weight excluding hydrogens is 248 g/mol. The lowest BCUT2D eigenvalue weighted by molar-refractivity contribution is -0.146. The first-order chi connectivity index (χ1) is 9.18. The molecule has 1 saturated carbocycles. The summed E-state index contributed by atoms with van der Waals surface area (Å²) >= 11 is 0. The summed E-state index contributed by atoms with van der Waals surface area (Å²) in [5, 5.41) is 19.3. The minimum Gasteiger partial charge on any atom is -0.481 e. The second-order valence-corrected chi connectivity index (χ2v) is 4.79. The van der Waals surface area contributed by atoms with Crippen molar-refractivity contribution in [2.45, 2.75) is 32.2 Å². The summed E-state index contributed by atoms with van der Waals surface area (Å²) in [6.07, 6.45) is 6.21. The second kappa shape index (κ2) is 6.31. The number of amides is 1. The fraction of sp³-hybridized carbons (Fsp3) is 0.667. The van der Waals surface area contributed by atoms with Gasteiger partial charge in [0.15, 0.2) is 0 Å². The van der Waals surface area contributed by atoms with Gasteiger partial charge in [0, 0.05) is 19.3 Å². The number of hydrogen-bond donors (Lipinski definition) is 2. The Balaban J connectivity index is 1.70. The molecule has 2 N–H and O–H groups in total. The van der Waals surface area contributed by atoms with E-state index in [1.165, 1.54) is 0 Å². The first-order valence-corrected chi connectivity index (χ1v) is 6.53. The lowest BCUT2D eigenvalue weighted by Gasteiger charge is -2.15. The number of rotatable bonds is 6. The maximum absolute atomic E-state index is 11.9. The van der Waals surface area contributed by atoms with Gasteiger partial charge in [0.05, 0.1) is 18.0 Å². The van der Waals surface area contributed by atoms with Gasteiger partial charge in [-0.3, -0.25) is 14.3 Å². The van der Waals surface area contributed by atoms with Crippen LogP contribution in [0.3, 0.4) is 0 Å². The molecule has 1 aliphatic rings. The number of carbonyl (C=O) groups is 2. The number of aryl methyl sites for hydroxylation is 1. The van der Waals surface area contributed by atoms with Crippen molar-refractivity contribution in [2.75, 3.05) is 6.54 Å². The van der Waals surface area contributed by atoms with Crippen molar-refractivity contribution < 1.29 is 14.7 Å². The summed E-state index contributed by atoms with van der Waals surface area (Å²) in [4.78, 5) is 22.9. The molecule has 2 rings (SSSR count). The van der Waals surface area contributed by atoms with E-state index in [1.807, 2.05) is 0 Å². The third-order valence-electron chi connectivity index (χ3n) is 3.51. The molecule has 1 aromatic rings. The fourth-order valence-corrected chi connectivity index (χ4v) is 2.51. The molecule has 1 fully saturated rings. The van der Waals surface area contributed by atoms with Crippen molar-refractivity contribution in [3.8, 4) is 0 Å². The highest BCUT2D eigenvalue weighted by atomic mass is 16.4. The van der Waals surface area contributed by atoms with Gasteiger partial charge >= 0.3 is 5.97 Å². The van der Waals surface area contributed by atoms with Crippen molar-refractivity contribution in [2.24, 2.45) is 11.8 Å². The van der Waals surface area contributed by atoms with Crippen LogP contribution in [0, 0.1) is 11.8 Å². The number of nitrogens with one attached hydrogen (secondary N) is 1. The fourth-order valence-electron chi connectivity index (χ4n) is 2.51. The van der Waals surface area contributed by atoms with Crippen LogP contribution in [0.2, 0.25) is 0 Å². The smallest absolute Gasteiger partial charge is 0.307 e. The summed E-state index contributed by atoms with van der Waals surface area (Å²) in [6.45, 7) is 1.22.